The summed E-state index contributed by atoms with van der Waals surface area (Å²) < 4.78 is 8.64. The van der Waals surface area contributed by atoms with Crippen molar-refractivity contribution in [1.29, 1.82) is 0 Å². The smallest absolute Gasteiger partial charge is 0.330 e. The number of esters is 1. The Balaban J connectivity index is 1.48. The van der Waals surface area contributed by atoms with Crippen molar-refractivity contribution in [1.82, 2.24) is 24.1 Å². The zero-order valence-electron chi connectivity index (χ0n) is 19.5. The van der Waals surface area contributed by atoms with E-state index in [-0.39, 0.29) is 29.2 Å². The molecule has 0 fully saturated rings. The summed E-state index contributed by atoms with van der Waals surface area (Å²) in [5.41, 5.74) is 0.913. The molecule has 2 aromatic heterocycles. The summed E-state index contributed by atoms with van der Waals surface area (Å²) in [6.45, 7) is 3.42. The molecule has 10 nitrogen and oxygen atoms in total. The predicted octanol–water partition coefficient (Wildman–Crippen LogP) is 2.34. The maximum Gasteiger partial charge on any atom is 0.330 e. The van der Waals surface area contributed by atoms with Crippen molar-refractivity contribution in [3.8, 4) is 0 Å². The number of aromatic nitrogens is 4. The molecule has 0 N–H and O–H groups in total. The quantitative estimate of drug-likeness (QED) is 0.312. The standard InChI is InChI=1S/C25H23N5O5/c1-4-14(2)20(30-22(32)15-9-5-6-10-16(15)23(30)33)24(34)35-13-19-26-27-25-28(3)21(31)17-11-7-8-12-18(17)29(19)25/h5-12,14,20H,4,13H2,1-3H3/t14-,20-/m0/s1. The van der Waals surface area contributed by atoms with Crippen LogP contribution in [0.4, 0.5) is 0 Å². The number of carbonyl (C=O) groups is 3. The molecule has 0 unspecified atom stereocenters. The van der Waals surface area contributed by atoms with Crippen LogP contribution >= 0.6 is 0 Å². The van der Waals surface area contributed by atoms with E-state index in [9.17, 15) is 19.2 Å². The minimum Gasteiger partial charge on any atom is -0.456 e. The van der Waals surface area contributed by atoms with Crippen molar-refractivity contribution in [3.63, 3.8) is 0 Å². The van der Waals surface area contributed by atoms with E-state index in [0.29, 0.717) is 28.9 Å². The van der Waals surface area contributed by atoms with Gasteiger partial charge in [-0.05, 0) is 30.2 Å². The predicted molar refractivity (Wildman–Crippen MR) is 126 cm³/mol. The van der Waals surface area contributed by atoms with Gasteiger partial charge in [0.2, 0.25) is 5.78 Å². The monoisotopic (exact) mass is 473 g/mol. The van der Waals surface area contributed by atoms with E-state index in [1.807, 2.05) is 6.92 Å². The second-order valence-electron chi connectivity index (χ2n) is 8.60. The first-order valence-corrected chi connectivity index (χ1v) is 11.3. The molecule has 2 atom stereocenters. The maximum atomic E-state index is 13.3. The van der Waals surface area contributed by atoms with Crippen molar-refractivity contribution < 1.29 is 19.1 Å². The highest BCUT2D eigenvalue weighted by Gasteiger charge is 2.45. The van der Waals surface area contributed by atoms with Crippen LogP contribution in [0.1, 0.15) is 46.8 Å². The van der Waals surface area contributed by atoms with Crippen molar-refractivity contribution in [2.24, 2.45) is 13.0 Å². The number of imide groups is 1. The number of carbonyl (C=O) groups excluding carboxylic acids is 3. The van der Waals surface area contributed by atoms with Crippen LogP contribution in [0.2, 0.25) is 0 Å². The molecule has 2 amide bonds. The van der Waals surface area contributed by atoms with Gasteiger partial charge in [-0.1, -0.05) is 44.5 Å². The first kappa shape index (κ1) is 22.5. The summed E-state index contributed by atoms with van der Waals surface area (Å²) in [4.78, 5) is 53.0. The Labute approximate surface area is 199 Å². The Bertz CT molecular complexity index is 1530. The van der Waals surface area contributed by atoms with E-state index in [1.54, 1.807) is 66.9 Å². The molecule has 5 rings (SSSR count). The van der Waals surface area contributed by atoms with E-state index in [4.69, 9.17) is 4.74 Å². The highest BCUT2D eigenvalue weighted by atomic mass is 16.5. The van der Waals surface area contributed by atoms with E-state index >= 15 is 0 Å². The fourth-order valence-corrected chi connectivity index (χ4v) is 4.48. The van der Waals surface area contributed by atoms with Gasteiger partial charge >= 0.3 is 5.97 Å². The Hall–Kier alpha value is -4.34. The molecule has 0 saturated heterocycles. The van der Waals surface area contributed by atoms with E-state index in [2.05, 4.69) is 10.2 Å². The lowest BCUT2D eigenvalue weighted by molar-refractivity contribution is -0.151. The van der Waals surface area contributed by atoms with Crippen molar-refractivity contribution >= 4 is 34.5 Å². The van der Waals surface area contributed by atoms with Gasteiger partial charge in [0.05, 0.1) is 22.0 Å². The van der Waals surface area contributed by atoms with Crippen molar-refractivity contribution in [3.05, 3.63) is 75.8 Å². The van der Waals surface area contributed by atoms with Gasteiger partial charge < -0.3 is 4.74 Å². The fraction of sp³-hybridized carbons (Fsp3) is 0.280. The first-order valence-electron chi connectivity index (χ1n) is 11.3. The van der Waals surface area contributed by atoms with E-state index in [1.165, 1.54) is 4.57 Å². The van der Waals surface area contributed by atoms with Crippen LogP contribution in [0.25, 0.3) is 16.7 Å². The van der Waals surface area contributed by atoms with Gasteiger partial charge in [0.25, 0.3) is 17.4 Å². The molecule has 4 aromatic rings. The lowest BCUT2D eigenvalue weighted by atomic mass is 9.97. The first-order chi connectivity index (χ1) is 16.8. The SMILES string of the molecule is CC[C@H](C)[C@@H](C(=O)OCc1nnc2n(C)c(=O)c3ccccc3n12)N1C(=O)c2ccccc2C1=O. The third-order valence-electron chi connectivity index (χ3n) is 6.56. The fourth-order valence-electron chi connectivity index (χ4n) is 4.48. The number of amides is 2. The Morgan fingerprint density at radius 1 is 0.971 bits per heavy atom. The zero-order valence-corrected chi connectivity index (χ0v) is 19.5. The van der Waals surface area contributed by atoms with Crippen LogP contribution in [0.3, 0.4) is 0 Å². The second-order valence-corrected chi connectivity index (χ2v) is 8.60. The molecule has 2 aromatic carbocycles. The largest absolute Gasteiger partial charge is 0.456 e. The molecule has 0 saturated carbocycles. The van der Waals surface area contributed by atoms with E-state index in [0.717, 1.165) is 4.90 Å². The summed E-state index contributed by atoms with van der Waals surface area (Å²) in [6.07, 6.45) is 0.549. The lowest BCUT2D eigenvalue weighted by Crippen LogP contribution is -2.49. The lowest BCUT2D eigenvalue weighted by Gasteiger charge is -2.28. The average molecular weight is 473 g/mol. The topological polar surface area (TPSA) is 116 Å². The van der Waals surface area contributed by atoms with E-state index < -0.39 is 23.8 Å². The molecule has 35 heavy (non-hydrogen) atoms. The number of ether oxygens (including phenoxy) is 1. The molecule has 3 heterocycles. The summed E-state index contributed by atoms with van der Waals surface area (Å²) in [6, 6.07) is 12.4. The molecule has 178 valence electrons. The summed E-state index contributed by atoms with van der Waals surface area (Å²) >= 11 is 0. The summed E-state index contributed by atoms with van der Waals surface area (Å²) in [5.74, 6) is -1.45. The molecule has 1 aliphatic rings. The summed E-state index contributed by atoms with van der Waals surface area (Å²) in [5, 5.41) is 8.70. The van der Waals surface area contributed by atoms with Crippen molar-refractivity contribution in [2.75, 3.05) is 0 Å². The molecule has 10 heteroatoms. The van der Waals surface area contributed by atoms with Crippen LogP contribution in [0, 0.1) is 5.92 Å². The molecule has 0 aliphatic carbocycles. The highest BCUT2D eigenvalue weighted by molar-refractivity contribution is 6.22. The van der Waals surface area contributed by atoms with Gasteiger partial charge in [0.15, 0.2) is 12.4 Å². The number of rotatable bonds is 6. The van der Waals surface area contributed by atoms with Gasteiger partial charge in [-0.15, -0.1) is 10.2 Å². The van der Waals surface area contributed by atoms with Crippen LogP contribution in [-0.2, 0) is 23.2 Å². The van der Waals surface area contributed by atoms with Gasteiger partial charge in [-0.3, -0.25) is 28.3 Å². The number of aryl methyl sites for hydroxylation is 1. The number of benzene rings is 2. The second kappa shape index (κ2) is 8.46. The average Bonchev–Trinajstić information content (AvgIpc) is 3.41. The molecule has 0 radical (unpaired) electrons. The van der Waals surface area contributed by atoms with Crippen molar-refractivity contribution in [2.45, 2.75) is 32.9 Å². The Morgan fingerprint density at radius 2 is 1.60 bits per heavy atom. The van der Waals surface area contributed by atoms with Gasteiger partial charge in [0, 0.05) is 7.05 Å². The highest BCUT2D eigenvalue weighted by Crippen LogP contribution is 2.29. The van der Waals surface area contributed by atoms with Crippen LogP contribution in [0.15, 0.2) is 53.3 Å². The van der Waals surface area contributed by atoms with Gasteiger partial charge in [-0.25, -0.2) is 4.79 Å². The third-order valence-corrected chi connectivity index (χ3v) is 6.56. The number of nitrogens with zero attached hydrogens (tertiary/aromatic N) is 5. The van der Waals surface area contributed by atoms with Crippen LogP contribution < -0.4 is 5.56 Å². The van der Waals surface area contributed by atoms with Gasteiger partial charge in [0.1, 0.15) is 6.04 Å². The zero-order chi connectivity index (χ0) is 24.9. The molecule has 1 aliphatic heterocycles. The molecule has 0 bridgehead atoms. The number of hydrogen-bond acceptors (Lipinski definition) is 7. The minimum absolute atomic E-state index is 0.216. The molecular formula is C25H23N5O5. The number of para-hydroxylation sites is 1. The molecule has 0 spiro atoms. The Kier molecular flexibility index (Phi) is 5.43. The maximum absolute atomic E-state index is 13.3. The number of hydrogen-bond donors (Lipinski definition) is 0. The van der Waals surface area contributed by atoms with Gasteiger partial charge in [-0.2, -0.15) is 0 Å². The minimum atomic E-state index is -1.09. The third kappa shape index (κ3) is 3.40. The van der Waals surface area contributed by atoms with Crippen LogP contribution in [0.5, 0.6) is 0 Å². The molecular weight excluding hydrogens is 450 g/mol. The summed E-state index contributed by atoms with van der Waals surface area (Å²) in [7, 11) is 1.59. The normalized spacial score (nSPS) is 15.0. The Morgan fingerprint density at radius 3 is 2.26 bits per heavy atom. The van der Waals surface area contributed by atoms with Crippen LogP contribution in [-0.4, -0.2) is 47.9 Å². The number of fused-ring (bicyclic) bond motifs is 4.